The molecule has 22 heavy (non-hydrogen) atoms. The van der Waals surface area contributed by atoms with Crippen LogP contribution in [-0.4, -0.2) is 49.2 Å². The minimum atomic E-state index is 0.538. The topological polar surface area (TPSA) is 36.9 Å². The monoisotopic (exact) mass is 307 g/mol. The maximum atomic E-state index is 5.53. The van der Waals surface area contributed by atoms with Crippen molar-refractivity contribution in [2.45, 2.75) is 82.7 Å². The summed E-state index contributed by atoms with van der Waals surface area (Å²) in [5.41, 5.74) is 0. The Hall–Kier alpha value is -0.770. The van der Waals surface area contributed by atoms with Crippen molar-refractivity contribution in [2.24, 2.45) is 4.99 Å². The Morgan fingerprint density at radius 1 is 0.818 bits per heavy atom. The zero-order valence-corrected chi connectivity index (χ0v) is 14.1. The van der Waals surface area contributed by atoms with E-state index in [-0.39, 0.29) is 0 Å². The highest BCUT2D eigenvalue weighted by atomic mass is 16.5. The summed E-state index contributed by atoms with van der Waals surface area (Å²) in [6, 6.07) is 1.18. The minimum absolute atomic E-state index is 0.538. The van der Waals surface area contributed by atoms with Crippen LogP contribution in [0.1, 0.15) is 70.6 Å². The summed E-state index contributed by atoms with van der Waals surface area (Å²) in [5, 5.41) is 3.81. The molecule has 0 radical (unpaired) electrons. The number of guanidine groups is 1. The molecule has 3 fully saturated rings. The fourth-order valence-corrected chi connectivity index (χ4v) is 3.97. The van der Waals surface area contributed by atoms with Crippen LogP contribution in [0.3, 0.4) is 0 Å². The molecule has 2 saturated carbocycles. The molecule has 1 N–H and O–H groups in total. The molecule has 0 unspecified atom stereocenters. The van der Waals surface area contributed by atoms with Crippen LogP contribution in [0.2, 0.25) is 0 Å². The molecule has 1 saturated heterocycles. The Morgan fingerprint density at radius 2 is 1.41 bits per heavy atom. The molecule has 4 nitrogen and oxygen atoms in total. The van der Waals surface area contributed by atoms with Crippen molar-refractivity contribution in [1.29, 1.82) is 0 Å². The van der Waals surface area contributed by atoms with E-state index in [1.165, 1.54) is 76.6 Å². The van der Waals surface area contributed by atoms with Crippen molar-refractivity contribution in [1.82, 2.24) is 10.2 Å². The van der Waals surface area contributed by atoms with Crippen molar-refractivity contribution in [3.63, 3.8) is 0 Å². The SMILES string of the molecule is C1CCCC(N=C(NC2CCCCC2)N2CCOCC2)CC1. The average molecular weight is 307 g/mol. The summed E-state index contributed by atoms with van der Waals surface area (Å²) >= 11 is 0. The Kier molecular flexibility index (Phi) is 6.41. The number of morpholine rings is 1. The number of hydrogen-bond acceptors (Lipinski definition) is 2. The largest absolute Gasteiger partial charge is 0.378 e. The summed E-state index contributed by atoms with van der Waals surface area (Å²) < 4.78 is 5.53. The van der Waals surface area contributed by atoms with Gasteiger partial charge in [-0.05, 0) is 25.7 Å². The Labute approximate surface area is 135 Å². The van der Waals surface area contributed by atoms with Crippen molar-refractivity contribution in [3.8, 4) is 0 Å². The lowest BCUT2D eigenvalue weighted by molar-refractivity contribution is 0.0657. The maximum Gasteiger partial charge on any atom is 0.194 e. The molecule has 0 amide bonds. The molecule has 0 atom stereocenters. The lowest BCUT2D eigenvalue weighted by atomic mass is 9.96. The smallest absolute Gasteiger partial charge is 0.194 e. The van der Waals surface area contributed by atoms with Crippen LogP contribution in [-0.2, 0) is 4.74 Å². The van der Waals surface area contributed by atoms with E-state index >= 15 is 0 Å². The zero-order valence-electron chi connectivity index (χ0n) is 14.1. The summed E-state index contributed by atoms with van der Waals surface area (Å²) in [6.07, 6.45) is 14.8. The van der Waals surface area contributed by atoms with Crippen LogP contribution >= 0.6 is 0 Å². The molecule has 0 spiro atoms. The standard InChI is InChI=1S/C18H33N3O/c1-2-5-9-16(8-4-1)19-18(21-12-14-22-15-13-21)20-17-10-6-3-7-11-17/h16-17H,1-15H2,(H,19,20). The van der Waals surface area contributed by atoms with Gasteiger partial charge in [0.2, 0.25) is 0 Å². The van der Waals surface area contributed by atoms with E-state index < -0.39 is 0 Å². The predicted octanol–water partition coefficient (Wildman–Crippen LogP) is 3.32. The lowest BCUT2D eigenvalue weighted by Gasteiger charge is -2.34. The van der Waals surface area contributed by atoms with Gasteiger partial charge in [0.15, 0.2) is 5.96 Å². The number of hydrogen-bond donors (Lipinski definition) is 1. The van der Waals surface area contributed by atoms with Crippen LogP contribution in [0.5, 0.6) is 0 Å². The van der Waals surface area contributed by atoms with Crippen LogP contribution in [0.15, 0.2) is 4.99 Å². The molecular weight excluding hydrogens is 274 g/mol. The first kappa shape index (κ1) is 16.1. The van der Waals surface area contributed by atoms with E-state index in [0.717, 1.165) is 26.3 Å². The third kappa shape index (κ3) is 4.87. The maximum absolute atomic E-state index is 5.53. The third-order valence-electron chi connectivity index (χ3n) is 5.38. The van der Waals surface area contributed by atoms with Crippen LogP contribution < -0.4 is 5.32 Å². The van der Waals surface area contributed by atoms with Crippen LogP contribution in [0.25, 0.3) is 0 Å². The highest BCUT2D eigenvalue weighted by Gasteiger charge is 2.22. The van der Waals surface area contributed by atoms with E-state index in [1.54, 1.807) is 0 Å². The summed E-state index contributed by atoms with van der Waals surface area (Å²) in [6.45, 7) is 3.67. The molecule has 126 valence electrons. The summed E-state index contributed by atoms with van der Waals surface area (Å²) in [5.74, 6) is 1.18. The van der Waals surface area contributed by atoms with Gasteiger partial charge in [0.1, 0.15) is 0 Å². The normalized spacial score (nSPS) is 26.7. The second kappa shape index (κ2) is 8.76. The van der Waals surface area contributed by atoms with Gasteiger partial charge in [0, 0.05) is 19.1 Å². The number of aliphatic imine (C=N–C) groups is 1. The Morgan fingerprint density at radius 3 is 2.09 bits per heavy atom. The van der Waals surface area contributed by atoms with Crippen molar-refractivity contribution >= 4 is 5.96 Å². The summed E-state index contributed by atoms with van der Waals surface area (Å²) in [7, 11) is 0. The third-order valence-corrected chi connectivity index (χ3v) is 5.38. The van der Waals surface area contributed by atoms with Gasteiger partial charge >= 0.3 is 0 Å². The van der Waals surface area contributed by atoms with Gasteiger partial charge in [0.05, 0.1) is 19.3 Å². The second-order valence-electron chi connectivity index (χ2n) is 7.18. The highest BCUT2D eigenvalue weighted by molar-refractivity contribution is 5.80. The zero-order chi connectivity index (χ0) is 15.0. The van der Waals surface area contributed by atoms with Gasteiger partial charge in [-0.25, -0.2) is 4.99 Å². The minimum Gasteiger partial charge on any atom is -0.378 e. The highest BCUT2D eigenvalue weighted by Crippen LogP contribution is 2.21. The molecule has 0 aromatic rings. The van der Waals surface area contributed by atoms with E-state index in [0.29, 0.717) is 12.1 Å². The van der Waals surface area contributed by atoms with E-state index in [2.05, 4.69) is 10.2 Å². The van der Waals surface area contributed by atoms with Gasteiger partial charge in [-0.2, -0.15) is 0 Å². The molecule has 1 aliphatic heterocycles. The molecule has 0 aromatic carbocycles. The molecule has 3 aliphatic rings. The van der Waals surface area contributed by atoms with Crippen molar-refractivity contribution in [3.05, 3.63) is 0 Å². The fourth-order valence-electron chi connectivity index (χ4n) is 3.97. The number of nitrogens with zero attached hydrogens (tertiary/aromatic N) is 2. The molecule has 1 heterocycles. The molecule has 0 aromatic heterocycles. The fraction of sp³-hybridized carbons (Fsp3) is 0.944. The summed E-state index contributed by atoms with van der Waals surface area (Å²) in [4.78, 5) is 7.62. The molecule has 3 rings (SSSR count). The van der Waals surface area contributed by atoms with Gasteiger partial charge in [0.25, 0.3) is 0 Å². The molecule has 2 aliphatic carbocycles. The van der Waals surface area contributed by atoms with E-state index in [4.69, 9.17) is 9.73 Å². The quantitative estimate of drug-likeness (QED) is 0.483. The van der Waals surface area contributed by atoms with Gasteiger partial charge in [-0.15, -0.1) is 0 Å². The van der Waals surface area contributed by atoms with Crippen molar-refractivity contribution < 1.29 is 4.74 Å². The number of ether oxygens (including phenoxy) is 1. The Bertz CT molecular complexity index is 338. The van der Waals surface area contributed by atoms with Crippen molar-refractivity contribution in [2.75, 3.05) is 26.3 Å². The molecule has 4 heteroatoms. The van der Waals surface area contributed by atoms with Crippen LogP contribution in [0, 0.1) is 0 Å². The molecular formula is C18H33N3O. The average Bonchev–Trinajstić information content (AvgIpc) is 2.85. The first-order valence-electron chi connectivity index (χ1n) is 9.59. The second-order valence-corrected chi connectivity index (χ2v) is 7.18. The first-order chi connectivity index (χ1) is 10.9. The molecule has 0 bridgehead atoms. The van der Waals surface area contributed by atoms with Crippen LogP contribution in [0.4, 0.5) is 0 Å². The number of nitrogens with one attached hydrogen (secondary N) is 1. The van der Waals surface area contributed by atoms with E-state index in [1.807, 2.05) is 0 Å². The first-order valence-corrected chi connectivity index (χ1v) is 9.59. The van der Waals surface area contributed by atoms with E-state index in [9.17, 15) is 0 Å². The van der Waals surface area contributed by atoms with Gasteiger partial charge < -0.3 is 15.0 Å². The predicted molar refractivity (Wildman–Crippen MR) is 91.3 cm³/mol. The number of rotatable bonds is 2. The Balaban J connectivity index is 1.65. The van der Waals surface area contributed by atoms with Gasteiger partial charge in [-0.1, -0.05) is 44.9 Å². The lowest BCUT2D eigenvalue weighted by Crippen LogP contribution is -2.51. The van der Waals surface area contributed by atoms with Gasteiger partial charge in [-0.3, -0.25) is 0 Å².